The van der Waals surface area contributed by atoms with Crippen LogP contribution in [0.15, 0.2) is 36.4 Å². The minimum Gasteiger partial charge on any atom is -0.428 e. The summed E-state index contributed by atoms with van der Waals surface area (Å²) in [7, 11) is 0. The number of nitro benzene ring substituents is 2. The number of amides is 1. The molecule has 0 aromatic heterocycles. The largest absolute Gasteiger partial charge is 0.461 e. The van der Waals surface area contributed by atoms with Crippen molar-refractivity contribution in [2.24, 2.45) is 0 Å². The third kappa shape index (κ3) is 5.38. The van der Waals surface area contributed by atoms with Gasteiger partial charge in [0.25, 0.3) is 5.91 Å². The second-order valence-electron chi connectivity index (χ2n) is 5.84. The number of hydrogen-bond donors (Lipinski definition) is 1. The van der Waals surface area contributed by atoms with E-state index in [1.807, 2.05) is 0 Å². The molecular weight excluding hydrogens is 463 g/mol. The van der Waals surface area contributed by atoms with Gasteiger partial charge >= 0.3 is 30.1 Å². The van der Waals surface area contributed by atoms with Crippen LogP contribution in [-0.4, -0.2) is 28.3 Å². The molecule has 9 nitrogen and oxygen atoms in total. The van der Waals surface area contributed by atoms with Gasteiger partial charge in [-0.3, -0.25) is 25.0 Å². The molecule has 0 saturated heterocycles. The van der Waals surface area contributed by atoms with Gasteiger partial charge in [0, 0.05) is 17.7 Å². The highest BCUT2D eigenvalue weighted by Crippen LogP contribution is 2.41. The van der Waals surface area contributed by atoms with Crippen molar-refractivity contribution in [2.45, 2.75) is 18.7 Å². The second kappa shape index (κ2) is 8.64. The van der Waals surface area contributed by atoms with E-state index >= 15 is 0 Å². The van der Waals surface area contributed by atoms with E-state index in [1.165, 1.54) is 0 Å². The van der Waals surface area contributed by atoms with Gasteiger partial charge in [-0.1, -0.05) is 0 Å². The van der Waals surface area contributed by atoms with E-state index in [-0.39, 0.29) is 12.1 Å². The smallest absolute Gasteiger partial charge is 0.428 e. The Bertz CT molecular complexity index is 1020. The predicted octanol–water partition coefficient (Wildman–Crippen LogP) is 5.01. The highest BCUT2D eigenvalue weighted by Gasteiger charge is 2.44. The van der Waals surface area contributed by atoms with Gasteiger partial charge in [0.1, 0.15) is 5.75 Å². The lowest BCUT2D eigenvalue weighted by Crippen LogP contribution is -2.33. The van der Waals surface area contributed by atoms with Crippen molar-refractivity contribution in [2.75, 3.05) is 5.32 Å². The van der Waals surface area contributed by atoms with Crippen LogP contribution in [0.25, 0.3) is 0 Å². The number of nitrogens with one attached hydrogen (secondary N) is 1. The van der Waals surface area contributed by atoms with Gasteiger partial charge in [0.2, 0.25) is 0 Å². The number of nitrogens with zero attached hydrogens (tertiary/aromatic N) is 2. The molecule has 0 aliphatic heterocycles. The Morgan fingerprint density at radius 2 is 1.41 bits per heavy atom. The summed E-state index contributed by atoms with van der Waals surface area (Å²) >= 11 is 0. The number of anilines is 1. The van der Waals surface area contributed by atoms with Gasteiger partial charge < -0.3 is 10.1 Å². The van der Waals surface area contributed by atoms with Crippen molar-refractivity contribution in [3.63, 3.8) is 0 Å². The molecule has 0 fully saturated rings. The van der Waals surface area contributed by atoms with E-state index in [9.17, 15) is 55.8 Å². The molecule has 16 heteroatoms. The first-order valence-electron chi connectivity index (χ1n) is 7.94. The summed E-state index contributed by atoms with van der Waals surface area (Å²) in [6.45, 7) is 0. The van der Waals surface area contributed by atoms with Crippen LogP contribution in [0.3, 0.4) is 0 Å². The first-order chi connectivity index (χ1) is 14.6. The summed E-state index contributed by atoms with van der Waals surface area (Å²) in [6, 6.07) is 2.75. The standard InChI is InChI=1S/C16H8F7N3O6/c17-14(18)16(22,23)32-9-3-1-7(2-4-9)13(27)24-12-10(25(28)29)5-8(15(19,20)21)6-11(12)26(30)31/h1-6,14H,(H,24,27). The Balaban J connectivity index is 2.40. The van der Waals surface area contributed by atoms with Gasteiger partial charge in [-0.05, 0) is 24.3 Å². The highest BCUT2D eigenvalue weighted by atomic mass is 19.4. The SMILES string of the molecule is O=C(Nc1c([N+](=O)[O-])cc(C(F)(F)F)cc1[N+](=O)[O-])c1ccc(OC(F)(F)C(F)F)cc1. The van der Waals surface area contributed by atoms with Gasteiger partial charge in [-0.25, -0.2) is 0 Å². The number of benzene rings is 2. The van der Waals surface area contributed by atoms with Crippen LogP contribution in [0.5, 0.6) is 5.75 Å². The molecule has 32 heavy (non-hydrogen) atoms. The molecule has 0 saturated carbocycles. The number of ether oxygens (including phenoxy) is 1. The van der Waals surface area contributed by atoms with E-state index in [0.717, 1.165) is 12.1 Å². The van der Waals surface area contributed by atoms with E-state index in [0.29, 0.717) is 12.1 Å². The van der Waals surface area contributed by atoms with Crippen molar-refractivity contribution in [1.29, 1.82) is 0 Å². The minimum atomic E-state index is -5.17. The quantitative estimate of drug-likeness (QED) is 0.344. The van der Waals surface area contributed by atoms with Crippen molar-refractivity contribution < 1.29 is 50.1 Å². The molecule has 2 aromatic carbocycles. The van der Waals surface area contributed by atoms with Crippen LogP contribution in [-0.2, 0) is 6.18 Å². The Morgan fingerprint density at radius 3 is 1.78 bits per heavy atom. The molecule has 2 rings (SSSR count). The fourth-order valence-electron chi connectivity index (χ4n) is 2.25. The predicted molar refractivity (Wildman–Crippen MR) is 90.7 cm³/mol. The van der Waals surface area contributed by atoms with E-state index in [1.54, 1.807) is 5.32 Å². The zero-order chi connectivity index (χ0) is 24.4. The van der Waals surface area contributed by atoms with Crippen molar-refractivity contribution >= 4 is 23.0 Å². The second-order valence-corrected chi connectivity index (χ2v) is 5.84. The summed E-state index contributed by atoms with van der Waals surface area (Å²) in [5, 5.41) is 24.0. The molecule has 0 aliphatic rings. The lowest BCUT2D eigenvalue weighted by atomic mass is 10.1. The summed E-state index contributed by atoms with van der Waals surface area (Å²) in [5.41, 5.74) is -6.22. The molecule has 0 unspecified atom stereocenters. The number of rotatable bonds is 7. The van der Waals surface area contributed by atoms with Crippen LogP contribution in [0.2, 0.25) is 0 Å². The zero-order valence-corrected chi connectivity index (χ0v) is 15.0. The normalized spacial score (nSPS) is 11.9. The third-order valence-corrected chi connectivity index (χ3v) is 3.68. The molecule has 2 aromatic rings. The Morgan fingerprint density at radius 1 is 0.938 bits per heavy atom. The Hall–Kier alpha value is -3.98. The van der Waals surface area contributed by atoms with E-state index in [4.69, 9.17) is 0 Å². The lowest BCUT2D eigenvalue weighted by Gasteiger charge is -2.16. The summed E-state index contributed by atoms with van der Waals surface area (Å²) in [6.07, 6.45) is -14.2. The molecule has 0 bridgehead atoms. The average molecular weight is 471 g/mol. The van der Waals surface area contributed by atoms with Crippen LogP contribution in [0, 0.1) is 20.2 Å². The van der Waals surface area contributed by atoms with Crippen LogP contribution in [0.4, 0.5) is 47.8 Å². The average Bonchev–Trinajstić information content (AvgIpc) is 2.66. The van der Waals surface area contributed by atoms with Gasteiger partial charge in [0.15, 0.2) is 5.69 Å². The van der Waals surface area contributed by atoms with Crippen molar-refractivity contribution in [3.8, 4) is 5.75 Å². The molecule has 0 spiro atoms. The maximum absolute atomic E-state index is 12.9. The number of carbonyl (C=O) groups is 1. The maximum atomic E-state index is 12.9. The van der Waals surface area contributed by atoms with E-state index in [2.05, 4.69) is 4.74 Å². The summed E-state index contributed by atoms with van der Waals surface area (Å²) in [5.74, 6) is -2.11. The first-order valence-corrected chi connectivity index (χ1v) is 7.94. The molecule has 0 radical (unpaired) electrons. The molecule has 1 amide bonds. The molecular formula is C16H8F7N3O6. The van der Waals surface area contributed by atoms with Gasteiger partial charge in [0.05, 0.1) is 15.4 Å². The summed E-state index contributed by atoms with van der Waals surface area (Å²) < 4.78 is 92.5. The van der Waals surface area contributed by atoms with Crippen molar-refractivity contribution in [3.05, 3.63) is 67.8 Å². The van der Waals surface area contributed by atoms with Gasteiger partial charge in [-0.2, -0.15) is 30.7 Å². The maximum Gasteiger partial charge on any atom is 0.461 e. The first kappa shape index (κ1) is 24.3. The topological polar surface area (TPSA) is 125 Å². The monoisotopic (exact) mass is 471 g/mol. The lowest BCUT2D eigenvalue weighted by molar-refractivity contribution is -0.392. The van der Waals surface area contributed by atoms with E-state index < -0.39 is 68.4 Å². The van der Waals surface area contributed by atoms with Crippen molar-refractivity contribution in [1.82, 2.24) is 0 Å². The zero-order valence-electron chi connectivity index (χ0n) is 15.0. The fraction of sp³-hybridized carbons (Fsp3) is 0.188. The number of halogens is 7. The van der Waals surface area contributed by atoms with Crippen LogP contribution in [0.1, 0.15) is 15.9 Å². The third-order valence-electron chi connectivity index (χ3n) is 3.68. The van der Waals surface area contributed by atoms with Crippen LogP contribution >= 0.6 is 0 Å². The molecule has 0 aliphatic carbocycles. The molecule has 172 valence electrons. The number of carbonyl (C=O) groups excluding carboxylic acids is 1. The highest BCUT2D eigenvalue weighted by molar-refractivity contribution is 6.07. The number of nitro groups is 2. The number of alkyl halides is 7. The Kier molecular flexibility index (Phi) is 6.56. The van der Waals surface area contributed by atoms with Crippen LogP contribution < -0.4 is 10.1 Å². The minimum absolute atomic E-state index is 0.0218. The summed E-state index contributed by atoms with van der Waals surface area (Å²) in [4.78, 5) is 31.8. The molecule has 0 atom stereocenters. The Labute approximate surface area is 171 Å². The van der Waals surface area contributed by atoms with Gasteiger partial charge in [-0.15, -0.1) is 0 Å². The molecule has 1 N–H and O–H groups in total. The fourth-order valence-corrected chi connectivity index (χ4v) is 2.25. The molecule has 0 heterocycles. The number of hydrogen-bond acceptors (Lipinski definition) is 6.